The molecule has 1 aromatic carbocycles. The van der Waals surface area contributed by atoms with Crippen molar-refractivity contribution in [3.05, 3.63) is 46.7 Å². The molecule has 1 saturated carbocycles. The predicted octanol–water partition coefficient (Wildman–Crippen LogP) is 5.27. The monoisotopic (exact) mass is 479 g/mol. The van der Waals surface area contributed by atoms with E-state index in [4.69, 9.17) is 11.6 Å². The van der Waals surface area contributed by atoms with Crippen LogP contribution in [0.2, 0.25) is 5.02 Å². The van der Waals surface area contributed by atoms with Crippen LogP contribution in [0, 0.1) is 11.8 Å². The van der Waals surface area contributed by atoms with E-state index >= 15 is 0 Å². The van der Waals surface area contributed by atoms with Crippen LogP contribution >= 0.6 is 11.6 Å². The second-order valence-electron chi connectivity index (χ2n) is 9.48. The molecule has 1 aliphatic rings. The molecule has 32 heavy (non-hydrogen) atoms. The molecular weight excluding hydrogens is 446 g/mol. The van der Waals surface area contributed by atoms with E-state index in [1.165, 1.54) is 0 Å². The Kier molecular flexibility index (Phi) is 8.04. The molecule has 6 nitrogen and oxygen atoms in total. The number of rotatable bonds is 9. The average molecular weight is 480 g/mol. The number of carbonyl (C=O) groups is 1. The van der Waals surface area contributed by atoms with E-state index in [0.717, 1.165) is 31.4 Å². The molecule has 0 spiro atoms. The van der Waals surface area contributed by atoms with Crippen LogP contribution in [0.4, 0.5) is 0 Å². The Labute approximate surface area is 196 Å². The first kappa shape index (κ1) is 24.8. The number of hydrogen-bond acceptors (Lipinski definition) is 4. The maximum Gasteiger partial charge on any atom is 0.228 e. The maximum absolute atomic E-state index is 13.3. The first-order chi connectivity index (χ1) is 15.1. The lowest BCUT2D eigenvalue weighted by Crippen LogP contribution is -2.38. The molecule has 0 saturated heterocycles. The smallest absolute Gasteiger partial charge is 0.228 e. The SMILES string of the molecule is CC(C)CN(Cc1cnc(S(=O)(=O)Cc2cccc(Cl)c2)n1C(C)C)C(=O)C1CCCC1. The Bertz CT molecular complexity index is 1040. The van der Waals surface area contributed by atoms with Gasteiger partial charge in [-0.25, -0.2) is 13.4 Å². The number of imidazole rings is 1. The molecule has 3 rings (SSSR count). The van der Waals surface area contributed by atoms with Gasteiger partial charge in [-0.3, -0.25) is 4.79 Å². The Balaban J connectivity index is 1.90. The van der Waals surface area contributed by atoms with Gasteiger partial charge in [0.1, 0.15) is 0 Å². The molecule has 176 valence electrons. The minimum Gasteiger partial charge on any atom is -0.336 e. The summed E-state index contributed by atoms with van der Waals surface area (Å²) >= 11 is 6.03. The summed E-state index contributed by atoms with van der Waals surface area (Å²) in [5, 5.41) is 0.542. The fraction of sp³-hybridized carbons (Fsp3) is 0.583. The lowest BCUT2D eigenvalue weighted by atomic mass is 10.1. The molecule has 1 heterocycles. The normalized spacial score (nSPS) is 15.1. The lowest BCUT2D eigenvalue weighted by Gasteiger charge is -2.28. The van der Waals surface area contributed by atoms with Gasteiger partial charge >= 0.3 is 0 Å². The third-order valence-electron chi connectivity index (χ3n) is 5.83. The number of benzene rings is 1. The molecule has 1 aliphatic carbocycles. The second kappa shape index (κ2) is 10.4. The molecule has 8 heteroatoms. The van der Waals surface area contributed by atoms with Crippen molar-refractivity contribution < 1.29 is 13.2 Å². The maximum atomic E-state index is 13.3. The quantitative estimate of drug-likeness (QED) is 0.491. The van der Waals surface area contributed by atoms with Crippen LogP contribution in [0.15, 0.2) is 35.6 Å². The third-order valence-corrected chi connectivity index (χ3v) is 7.64. The van der Waals surface area contributed by atoms with Gasteiger partial charge in [0, 0.05) is 23.5 Å². The van der Waals surface area contributed by atoms with E-state index in [1.807, 2.05) is 18.7 Å². The van der Waals surface area contributed by atoms with Crippen molar-refractivity contribution in [2.45, 2.75) is 76.9 Å². The molecule has 0 radical (unpaired) electrons. The number of carbonyl (C=O) groups excluding carboxylic acids is 1. The molecule has 0 bridgehead atoms. The van der Waals surface area contributed by atoms with Crippen LogP contribution in [-0.2, 0) is 26.9 Å². The fourth-order valence-electron chi connectivity index (χ4n) is 4.49. The Morgan fingerprint density at radius 1 is 1.22 bits per heavy atom. The van der Waals surface area contributed by atoms with Gasteiger partial charge in [-0.2, -0.15) is 0 Å². The zero-order chi connectivity index (χ0) is 23.5. The summed E-state index contributed by atoms with van der Waals surface area (Å²) in [7, 11) is -3.69. The number of hydrogen-bond donors (Lipinski definition) is 0. The van der Waals surface area contributed by atoms with Gasteiger partial charge in [-0.15, -0.1) is 0 Å². The highest BCUT2D eigenvalue weighted by Gasteiger charge is 2.30. The van der Waals surface area contributed by atoms with Crippen molar-refractivity contribution in [2.75, 3.05) is 6.54 Å². The summed E-state index contributed by atoms with van der Waals surface area (Å²) in [5.41, 5.74) is 1.37. The van der Waals surface area contributed by atoms with Crippen LogP contribution in [0.1, 0.15) is 70.7 Å². The average Bonchev–Trinajstić information content (AvgIpc) is 3.36. The van der Waals surface area contributed by atoms with Gasteiger partial charge in [0.05, 0.1) is 24.2 Å². The molecule has 1 fully saturated rings. The Morgan fingerprint density at radius 3 is 2.50 bits per heavy atom. The van der Waals surface area contributed by atoms with E-state index in [1.54, 1.807) is 35.0 Å². The second-order valence-corrected chi connectivity index (χ2v) is 11.8. The highest BCUT2D eigenvalue weighted by atomic mass is 35.5. The minimum absolute atomic E-state index is 0.0419. The standard InChI is InChI=1S/C24H34ClN3O3S/c1-17(2)14-27(23(29)20-9-5-6-10-20)15-22-13-26-24(28(22)18(3)4)32(30,31)16-19-8-7-11-21(25)12-19/h7-8,11-13,17-18,20H,5-6,9-10,14-16H2,1-4H3. The third kappa shape index (κ3) is 5.93. The first-order valence-corrected chi connectivity index (χ1v) is 13.4. The Hall–Kier alpha value is -1.86. The van der Waals surface area contributed by atoms with Crippen LogP contribution in [0.3, 0.4) is 0 Å². The number of aromatic nitrogens is 2. The zero-order valence-electron chi connectivity index (χ0n) is 19.4. The fourth-order valence-corrected chi connectivity index (χ4v) is 6.29. The summed E-state index contributed by atoms with van der Waals surface area (Å²) in [4.78, 5) is 19.4. The number of amides is 1. The van der Waals surface area contributed by atoms with Gasteiger partial charge in [0.25, 0.3) is 0 Å². The topological polar surface area (TPSA) is 72.3 Å². The van der Waals surface area contributed by atoms with Crippen molar-refractivity contribution in [3.8, 4) is 0 Å². The van der Waals surface area contributed by atoms with Crippen LogP contribution in [-0.4, -0.2) is 35.3 Å². The molecule has 2 aromatic rings. The summed E-state index contributed by atoms with van der Waals surface area (Å²) in [6.45, 7) is 9.07. The highest BCUT2D eigenvalue weighted by Crippen LogP contribution is 2.29. The summed E-state index contributed by atoms with van der Waals surface area (Å²) in [5.74, 6) is 0.404. The van der Waals surface area contributed by atoms with E-state index in [-0.39, 0.29) is 28.8 Å². The molecule has 0 unspecified atom stereocenters. The van der Waals surface area contributed by atoms with Gasteiger partial charge < -0.3 is 9.47 Å². The molecule has 0 atom stereocenters. The van der Waals surface area contributed by atoms with Crippen molar-refractivity contribution in [3.63, 3.8) is 0 Å². The summed E-state index contributed by atoms with van der Waals surface area (Å²) in [6.07, 6.45) is 5.69. The largest absolute Gasteiger partial charge is 0.336 e. The van der Waals surface area contributed by atoms with Crippen molar-refractivity contribution in [1.29, 1.82) is 0 Å². The molecule has 0 aliphatic heterocycles. The van der Waals surface area contributed by atoms with E-state index in [9.17, 15) is 13.2 Å². The Morgan fingerprint density at radius 2 is 1.91 bits per heavy atom. The predicted molar refractivity (Wildman–Crippen MR) is 127 cm³/mol. The number of halogens is 1. The van der Waals surface area contributed by atoms with E-state index < -0.39 is 9.84 Å². The summed E-state index contributed by atoms with van der Waals surface area (Å²) < 4.78 is 28.3. The number of sulfone groups is 1. The van der Waals surface area contributed by atoms with Crippen molar-refractivity contribution in [1.82, 2.24) is 14.5 Å². The molecule has 1 amide bonds. The van der Waals surface area contributed by atoms with Crippen molar-refractivity contribution >= 4 is 27.3 Å². The highest BCUT2D eigenvalue weighted by molar-refractivity contribution is 7.90. The number of nitrogens with zero attached hydrogens (tertiary/aromatic N) is 3. The van der Waals surface area contributed by atoms with Crippen LogP contribution in [0.25, 0.3) is 0 Å². The van der Waals surface area contributed by atoms with E-state index in [0.29, 0.717) is 29.6 Å². The minimum atomic E-state index is -3.69. The van der Waals surface area contributed by atoms with Gasteiger partial charge in [0.2, 0.25) is 20.9 Å². The molecule has 1 aromatic heterocycles. The van der Waals surface area contributed by atoms with Crippen LogP contribution in [0.5, 0.6) is 0 Å². The van der Waals surface area contributed by atoms with Gasteiger partial charge in [0.15, 0.2) is 0 Å². The van der Waals surface area contributed by atoms with E-state index in [2.05, 4.69) is 18.8 Å². The van der Waals surface area contributed by atoms with Gasteiger partial charge in [-0.1, -0.05) is 50.4 Å². The lowest BCUT2D eigenvalue weighted by molar-refractivity contribution is -0.136. The summed E-state index contributed by atoms with van der Waals surface area (Å²) in [6, 6.07) is 6.76. The first-order valence-electron chi connectivity index (χ1n) is 11.4. The molecular formula is C24H34ClN3O3S. The zero-order valence-corrected chi connectivity index (χ0v) is 21.0. The van der Waals surface area contributed by atoms with Gasteiger partial charge in [-0.05, 0) is 50.3 Å². The van der Waals surface area contributed by atoms with Crippen molar-refractivity contribution in [2.24, 2.45) is 11.8 Å². The molecule has 0 N–H and O–H groups in total. The van der Waals surface area contributed by atoms with Crippen LogP contribution < -0.4 is 0 Å².